The quantitative estimate of drug-likeness (QED) is 0.545. The summed E-state index contributed by atoms with van der Waals surface area (Å²) in [6.07, 6.45) is 0. The van der Waals surface area contributed by atoms with Crippen LogP contribution in [-0.2, 0) is 29.9 Å². The molecule has 168 valence electrons. The first-order valence-corrected chi connectivity index (χ1v) is 11.4. The van der Waals surface area contributed by atoms with Gasteiger partial charge in [-0.05, 0) is 43.7 Å². The Morgan fingerprint density at radius 3 is 2.10 bits per heavy atom. The Bertz CT molecular complexity index is 986. The highest BCUT2D eigenvalue weighted by molar-refractivity contribution is 7.89. The summed E-state index contributed by atoms with van der Waals surface area (Å²) in [6.45, 7) is 7.42. The number of anilines is 1. The van der Waals surface area contributed by atoms with Crippen molar-refractivity contribution in [2.45, 2.75) is 38.0 Å². The van der Waals surface area contributed by atoms with Crippen LogP contribution in [0.1, 0.15) is 33.3 Å². The van der Waals surface area contributed by atoms with E-state index in [0.717, 1.165) is 5.56 Å². The molecule has 2 rings (SSSR count). The van der Waals surface area contributed by atoms with E-state index in [1.807, 2.05) is 30.3 Å². The molecule has 0 saturated carbocycles. The summed E-state index contributed by atoms with van der Waals surface area (Å²) in [5, 5.41) is 2.60. The average molecular weight is 448 g/mol. The van der Waals surface area contributed by atoms with Crippen molar-refractivity contribution in [1.82, 2.24) is 9.79 Å². The number of hydrogen-bond acceptors (Lipinski definition) is 5. The Labute approximate surface area is 183 Å². The molecule has 0 aliphatic carbocycles. The van der Waals surface area contributed by atoms with Crippen LogP contribution in [0.4, 0.5) is 5.69 Å². The molecule has 0 aliphatic rings. The Morgan fingerprint density at radius 2 is 1.55 bits per heavy atom. The third-order valence-electron chi connectivity index (χ3n) is 4.91. The van der Waals surface area contributed by atoms with Gasteiger partial charge in [0.2, 0.25) is 10.0 Å². The normalized spacial score (nSPS) is 11.9. The Morgan fingerprint density at radius 1 is 0.968 bits per heavy atom. The number of hydrogen-bond donors (Lipinski definition) is 2. The summed E-state index contributed by atoms with van der Waals surface area (Å²) in [6, 6.07) is 15.1. The van der Waals surface area contributed by atoms with Crippen molar-refractivity contribution in [2.24, 2.45) is 0 Å². The van der Waals surface area contributed by atoms with Gasteiger partial charge in [0.05, 0.1) is 10.3 Å². The van der Waals surface area contributed by atoms with Gasteiger partial charge in [0.15, 0.2) is 6.61 Å². The van der Waals surface area contributed by atoms with Crippen molar-refractivity contribution >= 4 is 27.5 Å². The number of nitrogens with zero attached hydrogens (tertiary/aromatic N) is 1. The van der Waals surface area contributed by atoms with Crippen LogP contribution >= 0.6 is 0 Å². The van der Waals surface area contributed by atoms with Gasteiger partial charge < -0.3 is 5.32 Å². The molecule has 2 aromatic carbocycles. The summed E-state index contributed by atoms with van der Waals surface area (Å²) in [5.74, 6) is -0.866. The van der Waals surface area contributed by atoms with Crippen LogP contribution in [0.15, 0.2) is 59.5 Å². The second-order valence-electron chi connectivity index (χ2n) is 7.37. The smallest absolute Gasteiger partial charge is 0.253 e. The Balaban J connectivity index is 1.88. The molecule has 0 unspecified atom stereocenters. The van der Waals surface area contributed by atoms with Gasteiger partial charge in [-0.25, -0.2) is 13.9 Å². The number of nitrogens with one attached hydrogen (secondary N) is 2. The average Bonchev–Trinajstić information content (AvgIpc) is 2.75. The third kappa shape index (κ3) is 6.13. The maximum absolute atomic E-state index is 12.5. The number of hydroxylamine groups is 1. The van der Waals surface area contributed by atoms with Crippen LogP contribution in [0, 0.1) is 0 Å². The lowest BCUT2D eigenvalue weighted by Crippen LogP contribution is -2.41. The van der Waals surface area contributed by atoms with Crippen molar-refractivity contribution in [3.63, 3.8) is 0 Å². The van der Waals surface area contributed by atoms with Crippen molar-refractivity contribution in [2.75, 3.05) is 25.0 Å². The second-order valence-corrected chi connectivity index (χ2v) is 9.31. The summed E-state index contributed by atoms with van der Waals surface area (Å²) in [5.41, 5.74) is 2.72. The third-order valence-corrected chi connectivity index (χ3v) is 6.98. The number of carbonyl (C=O) groups excluding carboxylic acids is 2. The van der Waals surface area contributed by atoms with E-state index in [1.54, 1.807) is 27.7 Å². The van der Waals surface area contributed by atoms with Crippen LogP contribution in [-0.4, -0.2) is 44.2 Å². The van der Waals surface area contributed by atoms with E-state index in [0.29, 0.717) is 18.8 Å². The molecular formula is C22H29N3O5S. The number of sulfonamides is 1. The first-order valence-electron chi connectivity index (χ1n) is 10.0. The SMILES string of the molecule is CCN(CC)S(=O)(=O)c1ccc(NC(=O)CONC(=O)C(C)(C)c2ccccc2)cc1. The zero-order chi connectivity index (χ0) is 23.1. The van der Waals surface area contributed by atoms with Gasteiger partial charge in [-0.1, -0.05) is 44.2 Å². The van der Waals surface area contributed by atoms with E-state index in [1.165, 1.54) is 28.6 Å². The maximum Gasteiger partial charge on any atom is 0.253 e. The molecule has 0 bridgehead atoms. The summed E-state index contributed by atoms with van der Waals surface area (Å²) >= 11 is 0. The molecule has 0 aliphatic heterocycles. The molecule has 0 heterocycles. The van der Waals surface area contributed by atoms with Gasteiger partial charge >= 0.3 is 0 Å². The number of carbonyl (C=O) groups is 2. The highest BCUT2D eigenvalue weighted by Gasteiger charge is 2.30. The summed E-state index contributed by atoms with van der Waals surface area (Å²) in [7, 11) is -3.56. The van der Waals surface area contributed by atoms with Gasteiger partial charge in [-0.15, -0.1) is 0 Å². The van der Waals surface area contributed by atoms with Crippen molar-refractivity contribution in [1.29, 1.82) is 0 Å². The largest absolute Gasteiger partial charge is 0.324 e. The Hall–Kier alpha value is -2.75. The van der Waals surface area contributed by atoms with Crippen LogP contribution in [0.5, 0.6) is 0 Å². The second kappa shape index (κ2) is 10.5. The molecule has 9 heteroatoms. The van der Waals surface area contributed by atoms with Crippen LogP contribution in [0.25, 0.3) is 0 Å². The topological polar surface area (TPSA) is 105 Å². The van der Waals surface area contributed by atoms with Gasteiger partial charge in [0.25, 0.3) is 11.8 Å². The fourth-order valence-corrected chi connectivity index (χ4v) is 4.36. The fourth-order valence-electron chi connectivity index (χ4n) is 2.90. The predicted molar refractivity (Wildman–Crippen MR) is 119 cm³/mol. The molecule has 8 nitrogen and oxygen atoms in total. The van der Waals surface area contributed by atoms with E-state index in [2.05, 4.69) is 10.8 Å². The summed E-state index contributed by atoms with van der Waals surface area (Å²) < 4.78 is 26.3. The first-order chi connectivity index (χ1) is 14.6. The molecule has 2 aromatic rings. The molecular weight excluding hydrogens is 418 g/mol. The van der Waals surface area contributed by atoms with Crippen molar-refractivity contribution in [3.05, 3.63) is 60.2 Å². The minimum absolute atomic E-state index is 0.154. The monoisotopic (exact) mass is 447 g/mol. The van der Waals surface area contributed by atoms with Crippen LogP contribution in [0.2, 0.25) is 0 Å². The highest BCUT2D eigenvalue weighted by atomic mass is 32.2. The van der Waals surface area contributed by atoms with Crippen molar-refractivity contribution in [3.8, 4) is 0 Å². The minimum atomic E-state index is -3.56. The molecule has 31 heavy (non-hydrogen) atoms. The lowest BCUT2D eigenvalue weighted by atomic mass is 9.84. The standard InChI is InChI=1S/C22H29N3O5S/c1-5-25(6-2)31(28,29)19-14-12-18(13-15-19)23-20(26)16-30-24-21(27)22(3,4)17-10-8-7-9-11-17/h7-15H,5-6,16H2,1-4H3,(H,23,26)(H,24,27). The van der Waals surface area contributed by atoms with E-state index >= 15 is 0 Å². The van der Waals surface area contributed by atoms with E-state index in [9.17, 15) is 18.0 Å². The van der Waals surface area contributed by atoms with Gasteiger partial charge in [-0.2, -0.15) is 4.31 Å². The zero-order valence-corrected chi connectivity index (χ0v) is 19.0. The molecule has 0 saturated heterocycles. The van der Waals surface area contributed by atoms with Gasteiger partial charge in [0.1, 0.15) is 0 Å². The molecule has 0 atom stereocenters. The van der Waals surface area contributed by atoms with E-state index < -0.39 is 28.0 Å². The van der Waals surface area contributed by atoms with Crippen LogP contribution < -0.4 is 10.8 Å². The van der Waals surface area contributed by atoms with E-state index in [4.69, 9.17) is 4.84 Å². The lowest BCUT2D eigenvalue weighted by Gasteiger charge is -2.23. The number of rotatable bonds is 10. The van der Waals surface area contributed by atoms with E-state index in [-0.39, 0.29) is 10.8 Å². The van der Waals surface area contributed by atoms with Crippen molar-refractivity contribution < 1.29 is 22.8 Å². The number of benzene rings is 2. The van der Waals surface area contributed by atoms with Gasteiger partial charge in [0, 0.05) is 18.8 Å². The number of amides is 2. The molecule has 0 radical (unpaired) electrons. The first kappa shape index (κ1) is 24.5. The van der Waals surface area contributed by atoms with Crippen LogP contribution in [0.3, 0.4) is 0 Å². The summed E-state index contributed by atoms with van der Waals surface area (Å²) in [4.78, 5) is 29.7. The Kier molecular flexibility index (Phi) is 8.32. The fraction of sp³-hybridized carbons (Fsp3) is 0.364. The maximum atomic E-state index is 12.5. The molecule has 0 aromatic heterocycles. The molecule has 2 N–H and O–H groups in total. The lowest BCUT2D eigenvalue weighted by molar-refractivity contribution is -0.141. The molecule has 2 amide bonds. The molecule has 0 spiro atoms. The minimum Gasteiger partial charge on any atom is -0.324 e. The molecule has 0 fully saturated rings. The highest BCUT2D eigenvalue weighted by Crippen LogP contribution is 2.23. The predicted octanol–water partition coefficient (Wildman–Crippen LogP) is 2.68. The zero-order valence-electron chi connectivity index (χ0n) is 18.2. The van der Waals surface area contributed by atoms with Gasteiger partial charge in [-0.3, -0.25) is 14.4 Å².